The van der Waals surface area contributed by atoms with Crippen molar-refractivity contribution in [1.29, 1.82) is 0 Å². The highest BCUT2D eigenvalue weighted by Gasteiger charge is 2.24. The van der Waals surface area contributed by atoms with Crippen LogP contribution in [0.3, 0.4) is 0 Å². The van der Waals surface area contributed by atoms with Crippen LogP contribution in [0.5, 0.6) is 11.5 Å². The third-order valence-electron chi connectivity index (χ3n) is 2.77. The Morgan fingerprint density at radius 3 is 2.47 bits per heavy atom. The monoisotopic (exact) mass is 286 g/mol. The van der Waals surface area contributed by atoms with E-state index >= 15 is 0 Å². The van der Waals surface area contributed by atoms with Gasteiger partial charge in [-0.3, -0.25) is 4.79 Å². The van der Waals surface area contributed by atoms with Gasteiger partial charge >= 0.3 is 0 Å². The molecule has 0 aliphatic rings. The van der Waals surface area contributed by atoms with E-state index in [1.54, 1.807) is 0 Å². The Balaban J connectivity index is 3.26. The lowest BCUT2D eigenvalue weighted by Crippen LogP contribution is -2.19. The summed E-state index contributed by atoms with van der Waals surface area (Å²) < 4.78 is 10.3. The largest absolute Gasteiger partial charge is 0.493 e. The number of hydrogen-bond donors (Lipinski definition) is 3. The highest BCUT2D eigenvalue weighted by molar-refractivity contribution is 7.80. The summed E-state index contributed by atoms with van der Waals surface area (Å²) in [7, 11) is 2.87. The van der Waals surface area contributed by atoms with E-state index in [9.17, 15) is 15.0 Å². The van der Waals surface area contributed by atoms with E-state index in [0.717, 1.165) is 0 Å². The van der Waals surface area contributed by atoms with Crippen LogP contribution in [0.4, 0.5) is 0 Å². The quantitative estimate of drug-likeness (QED) is 0.519. The number of carbonyl (C=O) groups is 1. The number of aliphatic hydroxyl groups excluding tert-OH is 2. The van der Waals surface area contributed by atoms with Gasteiger partial charge in [0.2, 0.25) is 0 Å². The molecule has 2 unspecified atom stereocenters. The molecule has 0 amide bonds. The molecule has 1 rings (SSSR count). The molecule has 2 atom stereocenters. The van der Waals surface area contributed by atoms with Gasteiger partial charge in [0.25, 0.3) is 0 Å². The minimum atomic E-state index is -1.17. The number of benzene rings is 1. The lowest BCUT2D eigenvalue weighted by Gasteiger charge is -2.21. The van der Waals surface area contributed by atoms with Crippen LogP contribution in [-0.4, -0.2) is 42.6 Å². The molecule has 0 saturated carbocycles. The zero-order chi connectivity index (χ0) is 14.4. The van der Waals surface area contributed by atoms with Crippen molar-refractivity contribution in [2.45, 2.75) is 18.6 Å². The molecule has 0 radical (unpaired) electrons. The highest BCUT2D eigenvalue weighted by atomic mass is 32.1. The summed E-state index contributed by atoms with van der Waals surface area (Å²) in [5.41, 5.74) is 0.656. The van der Waals surface area contributed by atoms with Gasteiger partial charge in [-0.05, 0) is 24.3 Å². The zero-order valence-corrected chi connectivity index (χ0v) is 11.8. The third-order valence-corrected chi connectivity index (χ3v) is 3.03. The Kier molecular flexibility index (Phi) is 6.14. The van der Waals surface area contributed by atoms with Crippen LogP contribution < -0.4 is 9.47 Å². The second kappa shape index (κ2) is 7.37. The van der Waals surface area contributed by atoms with E-state index in [2.05, 4.69) is 12.6 Å². The molecule has 1 aromatic carbocycles. The number of thiol groups is 1. The molecule has 0 aromatic heterocycles. The predicted molar refractivity (Wildman–Crippen MR) is 74.4 cm³/mol. The van der Waals surface area contributed by atoms with Gasteiger partial charge in [-0.15, -0.1) is 0 Å². The first-order chi connectivity index (χ1) is 9.08. The molecule has 5 nitrogen and oxygen atoms in total. The first-order valence-electron chi connectivity index (χ1n) is 5.77. The first kappa shape index (κ1) is 15.8. The first-order valence-corrected chi connectivity index (χ1v) is 6.40. The number of methoxy groups -OCH3 is 2. The summed E-state index contributed by atoms with van der Waals surface area (Å²) in [6.07, 6.45) is -1.20. The van der Waals surface area contributed by atoms with Gasteiger partial charge < -0.3 is 19.7 Å². The normalized spacial score (nSPS) is 13.7. The molecule has 0 bridgehead atoms. The number of aldehydes is 1. The average molecular weight is 286 g/mol. The van der Waals surface area contributed by atoms with E-state index in [1.807, 2.05) is 0 Å². The molecule has 6 heteroatoms. The van der Waals surface area contributed by atoms with Crippen LogP contribution in [0.15, 0.2) is 12.1 Å². The summed E-state index contributed by atoms with van der Waals surface area (Å²) in [6, 6.07) is 2.98. The lowest BCUT2D eigenvalue weighted by molar-refractivity contribution is 0.0157. The van der Waals surface area contributed by atoms with Crippen molar-refractivity contribution in [1.82, 2.24) is 0 Å². The van der Waals surface area contributed by atoms with Crippen LogP contribution in [0.2, 0.25) is 0 Å². The second-order valence-electron chi connectivity index (χ2n) is 3.99. The van der Waals surface area contributed by atoms with Crippen molar-refractivity contribution in [3.63, 3.8) is 0 Å². The van der Waals surface area contributed by atoms with E-state index in [0.29, 0.717) is 41.1 Å². The standard InChI is InChI=1S/C13H18O5S/c1-17-11-6-8(7-14)5-9(13(11)18-2)12(16)10(15)3-4-19/h5-7,10,12,15-16,19H,3-4H2,1-2H3. The molecular formula is C13H18O5S. The van der Waals surface area contributed by atoms with Gasteiger partial charge in [0, 0.05) is 11.1 Å². The fourth-order valence-corrected chi connectivity index (χ4v) is 2.07. The van der Waals surface area contributed by atoms with E-state index in [4.69, 9.17) is 9.47 Å². The molecule has 19 heavy (non-hydrogen) atoms. The van der Waals surface area contributed by atoms with E-state index in [-0.39, 0.29) is 0 Å². The van der Waals surface area contributed by atoms with Crippen molar-refractivity contribution in [3.8, 4) is 11.5 Å². The van der Waals surface area contributed by atoms with Crippen molar-refractivity contribution in [2.75, 3.05) is 20.0 Å². The van der Waals surface area contributed by atoms with Gasteiger partial charge in [-0.1, -0.05) is 0 Å². The Labute approximate surface area is 117 Å². The summed E-state index contributed by atoms with van der Waals surface area (Å²) in [5, 5.41) is 20.0. The summed E-state index contributed by atoms with van der Waals surface area (Å²) in [4.78, 5) is 10.9. The van der Waals surface area contributed by atoms with E-state index < -0.39 is 12.2 Å². The topological polar surface area (TPSA) is 76.0 Å². The Hall–Kier alpha value is -1.24. The Morgan fingerprint density at radius 1 is 1.32 bits per heavy atom. The predicted octanol–water partition coefficient (Wildman–Crippen LogP) is 1.23. The average Bonchev–Trinajstić information content (AvgIpc) is 2.44. The summed E-state index contributed by atoms with van der Waals surface area (Å²) >= 11 is 4.01. The molecular weight excluding hydrogens is 268 g/mol. The summed E-state index contributed by atoms with van der Waals surface area (Å²) in [6.45, 7) is 0. The second-order valence-corrected chi connectivity index (χ2v) is 4.44. The van der Waals surface area contributed by atoms with Crippen LogP contribution in [0, 0.1) is 0 Å². The Bertz CT molecular complexity index is 435. The van der Waals surface area contributed by atoms with Crippen molar-refractivity contribution < 1.29 is 24.5 Å². The van der Waals surface area contributed by atoms with Crippen LogP contribution in [0.25, 0.3) is 0 Å². The van der Waals surface area contributed by atoms with Crippen molar-refractivity contribution in [3.05, 3.63) is 23.3 Å². The van der Waals surface area contributed by atoms with Gasteiger partial charge in [0.05, 0.1) is 20.3 Å². The molecule has 0 spiro atoms. The minimum Gasteiger partial charge on any atom is -0.493 e. The molecule has 1 aromatic rings. The molecule has 0 aliphatic heterocycles. The maximum atomic E-state index is 10.9. The van der Waals surface area contributed by atoms with Gasteiger partial charge in [0.15, 0.2) is 11.5 Å². The van der Waals surface area contributed by atoms with Gasteiger partial charge in [-0.2, -0.15) is 12.6 Å². The van der Waals surface area contributed by atoms with Crippen LogP contribution in [0.1, 0.15) is 28.4 Å². The van der Waals surface area contributed by atoms with Crippen molar-refractivity contribution >= 4 is 18.9 Å². The lowest BCUT2D eigenvalue weighted by atomic mass is 9.99. The molecule has 0 aliphatic carbocycles. The molecule has 2 N–H and O–H groups in total. The van der Waals surface area contributed by atoms with Gasteiger partial charge in [-0.25, -0.2) is 0 Å². The fraction of sp³-hybridized carbons (Fsp3) is 0.462. The fourth-order valence-electron chi connectivity index (χ4n) is 1.80. The van der Waals surface area contributed by atoms with E-state index in [1.165, 1.54) is 26.4 Å². The van der Waals surface area contributed by atoms with Gasteiger partial charge in [0.1, 0.15) is 12.4 Å². The van der Waals surface area contributed by atoms with Crippen molar-refractivity contribution in [2.24, 2.45) is 0 Å². The Morgan fingerprint density at radius 2 is 2.00 bits per heavy atom. The molecule has 0 fully saturated rings. The summed E-state index contributed by atoms with van der Waals surface area (Å²) in [5.74, 6) is 1.07. The smallest absolute Gasteiger partial charge is 0.166 e. The number of aliphatic hydroxyl groups is 2. The SMILES string of the molecule is COc1cc(C=O)cc(C(O)C(O)CCS)c1OC. The van der Waals surface area contributed by atoms with Crippen LogP contribution in [-0.2, 0) is 0 Å². The zero-order valence-electron chi connectivity index (χ0n) is 10.9. The highest BCUT2D eigenvalue weighted by Crippen LogP contribution is 2.37. The maximum Gasteiger partial charge on any atom is 0.166 e. The maximum absolute atomic E-state index is 10.9. The number of ether oxygens (including phenoxy) is 2. The minimum absolute atomic E-state index is 0.304. The molecule has 106 valence electrons. The van der Waals surface area contributed by atoms with Crippen LogP contribution >= 0.6 is 12.6 Å². The third kappa shape index (κ3) is 3.62. The number of carbonyl (C=O) groups excluding carboxylic acids is 1. The number of hydrogen-bond acceptors (Lipinski definition) is 6. The molecule has 0 heterocycles. The number of rotatable bonds is 7. The molecule has 0 saturated heterocycles.